The molecule has 1 aliphatic carbocycles. The first-order valence-corrected chi connectivity index (χ1v) is 15.0. The minimum Gasteiger partial charge on any atom is -0.0683 e. The molecule has 0 aromatic heterocycles. The third-order valence-corrected chi connectivity index (χ3v) is 8.73. The van der Waals surface area contributed by atoms with Crippen molar-refractivity contribution < 1.29 is 0 Å². The molecule has 0 nitrogen and oxygen atoms in total. The summed E-state index contributed by atoms with van der Waals surface area (Å²) < 4.78 is 0. The van der Waals surface area contributed by atoms with Gasteiger partial charge in [-0.15, -0.1) is 0 Å². The van der Waals surface area contributed by atoms with E-state index in [1.807, 2.05) is 27.7 Å². The molecule has 6 aromatic rings. The molecule has 0 saturated carbocycles. The van der Waals surface area contributed by atoms with Gasteiger partial charge in [0, 0.05) is 5.41 Å². The van der Waals surface area contributed by atoms with Crippen LogP contribution in [-0.4, -0.2) is 0 Å². The Labute approximate surface area is 235 Å². The largest absolute Gasteiger partial charge is 0.0683 e. The van der Waals surface area contributed by atoms with Crippen molar-refractivity contribution in [3.63, 3.8) is 0 Å². The Hall–Kier alpha value is -3.64. The summed E-state index contributed by atoms with van der Waals surface area (Å²) in [6.45, 7) is 17.3. The fourth-order valence-electron chi connectivity index (χ4n) is 6.56. The van der Waals surface area contributed by atoms with Crippen LogP contribution in [0.5, 0.6) is 0 Å². The van der Waals surface area contributed by atoms with Gasteiger partial charge in [-0.3, -0.25) is 0 Å². The van der Waals surface area contributed by atoms with Crippen LogP contribution < -0.4 is 0 Å². The van der Waals surface area contributed by atoms with Crippen LogP contribution in [0.25, 0.3) is 54.6 Å². The molecule has 6 aromatic carbocycles. The lowest BCUT2D eigenvalue weighted by atomic mass is 9.77. The summed E-state index contributed by atoms with van der Waals surface area (Å²) in [6, 6.07) is 34.8. The molecule has 0 N–H and O–H groups in total. The highest BCUT2D eigenvalue weighted by Crippen LogP contribution is 2.52. The molecule has 0 fully saturated rings. The van der Waals surface area contributed by atoms with Crippen molar-refractivity contribution in [1.82, 2.24) is 0 Å². The third-order valence-electron chi connectivity index (χ3n) is 8.73. The van der Waals surface area contributed by atoms with E-state index in [1.165, 1.54) is 71.3 Å². The topological polar surface area (TPSA) is 0 Å². The van der Waals surface area contributed by atoms with Crippen LogP contribution in [-0.2, 0) is 5.41 Å². The molecule has 198 valence electrons. The molecule has 0 bridgehead atoms. The minimum atomic E-state index is 0.0545. The molecule has 1 aliphatic rings. The highest BCUT2D eigenvalue weighted by atomic mass is 14.4. The summed E-state index contributed by atoms with van der Waals surface area (Å²) in [6.07, 6.45) is 1.09. The number of benzene rings is 6. The van der Waals surface area contributed by atoms with Crippen molar-refractivity contribution in [3.8, 4) is 22.3 Å². The van der Waals surface area contributed by atoms with Gasteiger partial charge in [0.1, 0.15) is 0 Å². The predicted octanol–water partition coefficient (Wildman–Crippen LogP) is 12.1. The maximum absolute atomic E-state index is 2.47. The van der Waals surface area contributed by atoms with Gasteiger partial charge < -0.3 is 0 Å². The molecule has 0 heteroatoms. The minimum absolute atomic E-state index is 0.0545. The Balaban J connectivity index is 0.000000738. The summed E-state index contributed by atoms with van der Waals surface area (Å²) in [5, 5.41) is 8.18. The van der Waals surface area contributed by atoms with Gasteiger partial charge in [0.05, 0.1) is 0 Å². The standard InChI is InChI=1S/C35H30.2C2H6/c1-5-35(4)31-9-7-6-8-28(31)29-16-13-23(20-32(29)35)27-15-12-22-10-11-24-18-26(21(2)3)19-25-14-17-30(27)34(22)33(24)25;2*1-2/h6-21H,5H2,1-4H3;2*1-2H3. The van der Waals surface area contributed by atoms with E-state index in [-0.39, 0.29) is 5.41 Å². The van der Waals surface area contributed by atoms with E-state index in [0.29, 0.717) is 5.92 Å². The molecule has 39 heavy (non-hydrogen) atoms. The Morgan fingerprint density at radius 3 is 1.87 bits per heavy atom. The molecule has 1 unspecified atom stereocenters. The lowest BCUT2D eigenvalue weighted by Gasteiger charge is -2.26. The van der Waals surface area contributed by atoms with Crippen LogP contribution in [0.3, 0.4) is 0 Å². The predicted molar refractivity (Wildman–Crippen MR) is 175 cm³/mol. The summed E-state index contributed by atoms with van der Waals surface area (Å²) >= 11 is 0. The van der Waals surface area contributed by atoms with E-state index in [9.17, 15) is 0 Å². The number of rotatable bonds is 3. The Morgan fingerprint density at radius 1 is 0.590 bits per heavy atom. The molecule has 0 amide bonds. The van der Waals surface area contributed by atoms with E-state index in [0.717, 1.165) is 6.42 Å². The Morgan fingerprint density at radius 2 is 1.18 bits per heavy atom. The fourth-order valence-corrected chi connectivity index (χ4v) is 6.56. The van der Waals surface area contributed by atoms with Gasteiger partial charge in [0.25, 0.3) is 0 Å². The molecule has 0 radical (unpaired) electrons. The second kappa shape index (κ2) is 10.5. The summed E-state index contributed by atoms with van der Waals surface area (Å²) in [5.74, 6) is 0.524. The van der Waals surface area contributed by atoms with Gasteiger partial charge in [-0.25, -0.2) is 0 Å². The average molecular weight is 511 g/mol. The van der Waals surface area contributed by atoms with E-state index in [4.69, 9.17) is 0 Å². The second-order valence-electron chi connectivity index (χ2n) is 10.9. The van der Waals surface area contributed by atoms with Gasteiger partial charge in [-0.2, -0.15) is 0 Å². The van der Waals surface area contributed by atoms with Crippen molar-refractivity contribution in [3.05, 3.63) is 108 Å². The first-order chi connectivity index (χ1) is 19.0. The highest BCUT2D eigenvalue weighted by Gasteiger charge is 2.37. The van der Waals surface area contributed by atoms with E-state index in [1.54, 1.807) is 0 Å². The van der Waals surface area contributed by atoms with Gasteiger partial charge in [0.2, 0.25) is 0 Å². The van der Waals surface area contributed by atoms with Gasteiger partial charge >= 0.3 is 0 Å². The maximum Gasteiger partial charge on any atom is 0.0184 e. The van der Waals surface area contributed by atoms with Crippen molar-refractivity contribution in [2.75, 3.05) is 0 Å². The van der Waals surface area contributed by atoms with Crippen LogP contribution in [0, 0.1) is 0 Å². The molecule has 0 aliphatic heterocycles. The average Bonchev–Trinajstić information content (AvgIpc) is 3.25. The first kappa shape index (κ1) is 26.9. The van der Waals surface area contributed by atoms with Gasteiger partial charge in [-0.05, 0) is 89.7 Å². The first-order valence-electron chi connectivity index (χ1n) is 15.0. The fraction of sp³-hybridized carbons (Fsp3) is 0.282. The van der Waals surface area contributed by atoms with Crippen LogP contribution in [0.15, 0.2) is 91.0 Å². The highest BCUT2D eigenvalue weighted by molar-refractivity contribution is 6.25. The van der Waals surface area contributed by atoms with Crippen LogP contribution in [0.1, 0.15) is 84.4 Å². The molecule has 1 atom stereocenters. The number of fused-ring (bicyclic) bond motifs is 3. The molecule has 0 heterocycles. The zero-order chi connectivity index (χ0) is 27.9. The zero-order valence-corrected chi connectivity index (χ0v) is 24.9. The van der Waals surface area contributed by atoms with Crippen molar-refractivity contribution in [2.24, 2.45) is 0 Å². The monoisotopic (exact) mass is 510 g/mol. The number of hydrogen-bond donors (Lipinski definition) is 0. The third kappa shape index (κ3) is 4.04. The van der Waals surface area contributed by atoms with E-state index < -0.39 is 0 Å². The lowest BCUT2D eigenvalue weighted by Crippen LogP contribution is -2.19. The van der Waals surface area contributed by atoms with Gasteiger partial charge in [-0.1, -0.05) is 140 Å². The van der Waals surface area contributed by atoms with Crippen LogP contribution in [0.4, 0.5) is 0 Å². The molecule has 0 saturated heterocycles. The van der Waals surface area contributed by atoms with Crippen molar-refractivity contribution >= 4 is 32.3 Å². The lowest BCUT2D eigenvalue weighted by molar-refractivity contribution is 0.565. The van der Waals surface area contributed by atoms with Crippen LogP contribution in [0.2, 0.25) is 0 Å². The SMILES string of the molecule is CC.CC.CCC1(C)c2ccccc2-c2ccc(-c3ccc4ccc5cc(C(C)C)cc6ccc3c4c56)cc21. The molecule has 0 spiro atoms. The molecular formula is C39H42. The van der Waals surface area contributed by atoms with Crippen molar-refractivity contribution in [1.29, 1.82) is 0 Å². The summed E-state index contributed by atoms with van der Waals surface area (Å²) in [5.41, 5.74) is 9.83. The summed E-state index contributed by atoms with van der Waals surface area (Å²) in [7, 11) is 0. The maximum atomic E-state index is 2.47. The van der Waals surface area contributed by atoms with E-state index >= 15 is 0 Å². The van der Waals surface area contributed by atoms with Gasteiger partial charge in [0.15, 0.2) is 0 Å². The van der Waals surface area contributed by atoms with Crippen molar-refractivity contribution in [2.45, 2.75) is 73.1 Å². The van der Waals surface area contributed by atoms with Crippen LogP contribution >= 0.6 is 0 Å². The summed E-state index contributed by atoms with van der Waals surface area (Å²) in [4.78, 5) is 0. The van der Waals surface area contributed by atoms with E-state index in [2.05, 4.69) is 119 Å². The number of hydrogen-bond acceptors (Lipinski definition) is 0. The Kier molecular flexibility index (Phi) is 7.25. The quantitative estimate of drug-likeness (QED) is 0.208. The Bertz CT molecular complexity index is 1750. The molecule has 7 rings (SSSR count). The smallest absolute Gasteiger partial charge is 0.0184 e. The zero-order valence-electron chi connectivity index (χ0n) is 24.9. The second-order valence-corrected chi connectivity index (χ2v) is 10.9. The molecular weight excluding hydrogens is 468 g/mol. The normalized spacial score (nSPS) is 15.6.